The van der Waals surface area contributed by atoms with Gasteiger partial charge in [-0.15, -0.1) is 0 Å². The normalized spacial score (nSPS) is 11.0. The molecule has 3 aromatic carbocycles. The Kier molecular flexibility index (Phi) is 8.76. The van der Waals surface area contributed by atoms with Crippen LogP contribution in [-0.2, 0) is 13.1 Å². The molecule has 0 unspecified atom stereocenters. The highest BCUT2D eigenvalue weighted by atomic mass is 19.2. The van der Waals surface area contributed by atoms with Gasteiger partial charge in [0.2, 0.25) is 5.82 Å². The lowest BCUT2D eigenvalue weighted by molar-refractivity contribution is 0.0949. The third-order valence-electron chi connectivity index (χ3n) is 5.67. The Balaban J connectivity index is 1.73. The number of anilines is 1. The molecular formula is C26H24F5N3O2. The van der Waals surface area contributed by atoms with Gasteiger partial charge < -0.3 is 10.6 Å². The fourth-order valence-corrected chi connectivity index (χ4v) is 3.59. The van der Waals surface area contributed by atoms with E-state index in [9.17, 15) is 31.5 Å². The first kappa shape index (κ1) is 26.8. The Hall–Kier alpha value is -3.79. The first-order valence-electron chi connectivity index (χ1n) is 11.2. The van der Waals surface area contributed by atoms with Crippen molar-refractivity contribution < 1.29 is 31.5 Å². The maximum atomic E-state index is 13.9. The highest BCUT2D eigenvalue weighted by molar-refractivity contribution is 6.05. The van der Waals surface area contributed by atoms with Crippen molar-refractivity contribution >= 4 is 17.5 Å². The molecular weight excluding hydrogens is 481 g/mol. The number of hydrogen-bond donors (Lipinski definition) is 2. The molecule has 0 saturated carbocycles. The van der Waals surface area contributed by atoms with E-state index in [0.717, 1.165) is 30.8 Å². The van der Waals surface area contributed by atoms with Gasteiger partial charge in [0.15, 0.2) is 23.3 Å². The highest BCUT2D eigenvalue weighted by Crippen LogP contribution is 2.24. The van der Waals surface area contributed by atoms with E-state index in [-0.39, 0.29) is 17.8 Å². The highest BCUT2D eigenvalue weighted by Gasteiger charge is 2.29. The Morgan fingerprint density at radius 1 is 0.750 bits per heavy atom. The van der Waals surface area contributed by atoms with Gasteiger partial charge in [-0.1, -0.05) is 44.2 Å². The summed E-state index contributed by atoms with van der Waals surface area (Å²) in [5.74, 6) is -13.4. The molecule has 190 valence electrons. The maximum absolute atomic E-state index is 13.9. The molecule has 10 heteroatoms. The van der Waals surface area contributed by atoms with Crippen LogP contribution in [0.3, 0.4) is 0 Å². The first-order chi connectivity index (χ1) is 17.2. The number of nitrogens with zero attached hydrogens (tertiary/aromatic N) is 1. The molecule has 0 aliphatic rings. The van der Waals surface area contributed by atoms with Crippen molar-refractivity contribution in [2.45, 2.75) is 26.9 Å². The predicted molar refractivity (Wildman–Crippen MR) is 125 cm³/mol. The number of amides is 2. The number of carbonyl (C=O) groups excluding carboxylic acids is 2. The van der Waals surface area contributed by atoms with Gasteiger partial charge in [-0.2, -0.15) is 0 Å². The summed E-state index contributed by atoms with van der Waals surface area (Å²) < 4.78 is 68.0. The van der Waals surface area contributed by atoms with Gasteiger partial charge in [0.25, 0.3) is 11.8 Å². The van der Waals surface area contributed by atoms with Gasteiger partial charge in [0.1, 0.15) is 5.56 Å². The molecule has 0 fully saturated rings. The van der Waals surface area contributed by atoms with Gasteiger partial charge in [-0.3, -0.25) is 14.5 Å². The lowest BCUT2D eigenvalue weighted by Crippen LogP contribution is -2.26. The number of hydrogen-bond acceptors (Lipinski definition) is 3. The molecule has 3 rings (SSSR count). The Labute approximate surface area is 204 Å². The molecule has 0 heterocycles. The molecule has 0 aliphatic carbocycles. The zero-order valence-electron chi connectivity index (χ0n) is 19.6. The summed E-state index contributed by atoms with van der Waals surface area (Å²) in [4.78, 5) is 27.2. The van der Waals surface area contributed by atoms with Crippen LogP contribution in [0, 0.1) is 29.1 Å². The van der Waals surface area contributed by atoms with E-state index in [0.29, 0.717) is 0 Å². The average Bonchev–Trinajstić information content (AvgIpc) is 2.88. The molecule has 0 bridgehead atoms. The van der Waals surface area contributed by atoms with Crippen LogP contribution < -0.4 is 10.6 Å². The topological polar surface area (TPSA) is 61.4 Å². The third kappa shape index (κ3) is 5.88. The lowest BCUT2D eigenvalue weighted by Gasteiger charge is -2.20. The van der Waals surface area contributed by atoms with E-state index in [4.69, 9.17) is 0 Å². The third-order valence-corrected chi connectivity index (χ3v) is 5.67. The minimum atomic E-state index is -2.36. The van der Waals surface area contributed by atoms with Gasteiger partial charge in [-0.05, 0) is 42.4 Å². The van der Waals surface area contributed by atoms with Crippen LogP contribution in [0.2, 0.25) is 0 Å². The summed E-state index contributed by atoms with van der Waals surface area (Å²) in [6.07, 6.45) is 0. The summed E-state index contributed by atoms with van der Waals surface area (Å²) in [5.41, 5.74) is 0.412. The van der Waals surface area contributed by atoms with Crippen LogP contribution in [-0.4, -0.2) is 29.8 Å². The first-order valence-corrected chi connectivity index (χ1v) is 11.2. The standard InChI is InChI=1S/C26H24F5N3O2/c1-3-34(4-2)14-17-9-6-5-8-16(17)13-32-25(35)15-10-7-11-18(12-15)33-26(36)19-20(27)22(29)24(31)23(30)21(19)28/h5-12H,3-4,13-14H2,1-2H3,(H,32,35)(H,33,36). The second-order valence-corrected chi connectivity index (χ2v) is 7.89. The molecule has 2 N–H and O–H groups in total. The van der Waals surface area contributed by atoms with Crippen molar-refractivity contribution in [2.24, 2.45) is 0 Å². The van der Waals surface area contributed by atoms with Gasteiger partial charge in [0.05, 0.1) is 0 Å². The van der Waals surface area contributed by atoms with Crippen molar-refractivity contribution in [3.8, 4) is 0 Å². The van der Waals surface area contributed by atoms with Crippen LogP contribution in [0.5, 0.6) is 0 Å². The van der Waals surface area contributed by atoms with Gasteiger partial charge in [0, 0.05) is 24.3 Å². The summed E-state index contributed by atoms with van der Waals surface area (Å²) >= 11 is 0. The van der Waals surface area contributed by atoms with Gasteiger partial charge in [-0.25, -0.2) is 22.0 Å². The molecule has 0 aromatic heterocycles. The van der Waals surface area contributed by atoms with Crippen LogP contribution >= 0.6 is 0 Å². The molecule has 0 spiro atoms. The summed E-state index contributed by atoms with van der Waals surface area (Å²) in [7, 11) is 0. The second kappa shape index (κ2) is 11.8. The largest absolute Gasteiger partial charge is 0.348 e. The zero-order valence-corrected chi connectivity index (χ0v) is 19.6. The van der Waals surface area contributed by atoms with Crippen molar-refractivity contribution in [1.82, 2.24) is 10.2 Å². The van der Waals surface area contributed by atoms with E-state index in [1.165, 1.54) is 24.3 Å². The molecule has 2 amide bonds. The monoisotopic (exact) mass is 505 g/mol. The number of rotatable bonds is 9. The van der Waals surface area contributed by atoms with Crippen molar-refractivity contribution in [1.29, 1.82) is 0 Å². The minimum absolute atomic E-state index is 0.0708. The van der Waals surface area contributed by atoms with Crippen LogP contribution in [0.4, 0.5) is 27.6 Å². The summed E-state index contributed by atoms with van der Waals surface area (Å²) in [5, 5.41) is 4.85. The number of nitrogens with one attached hydrogen (secondary N) is 2. The molecule has 0 saturated heterocycles. The minimum Gasteiger partial charge on any atom is -0.348 e. The average molecular weight is 505 g/mol. The second-order valence-electron chi connectivity index (χ2n) is 7.89. The molecule has 3 aromatic rings. The fourth-order valence-electron chi connectivity index (χ4n) is 3.59. The Morgan fingerprint density at radius 3 is 1.94 bits per heavy atom. The van der Waals surface area contributed by atoms with Crippen LogP contribution in [0.1, 0.15) is 45.7 Å². The quantitative estimate of drug-likeness (QED) is 0.232. The van der Waals surface area contributed by atoms with E-state index in [2.05, 4.69) is 29.4 Å². The fraction of sp³-hybridized carbons (Fsp3) is 0.231. The van der Waals surface area contributed by atoms with Crippen LogP contribution in [0.15, 0.2) is 48.5 Å². The summed E-state index contributed by atoms with van der Waals surface area (Å²) in [6.45, 7) is 6.83. The summed E-state index contributed by atoms with van der Waals surface area (Å²) in [6, 6.07) is 13.0. The van der Waals surface area contributed by atoms with E-state index in [1.54, 1.807) is 0 Å². The molecule has 0 aliphatic heterocycles. The number of benzene rings is 3. The Bertz CT molecular complexity index is 1250. The van der Waals surface area contributed by atoms with E-state index < -0.39 is 46.5 Å². The molecule has 0 radical (unpaired) electrons. The zero-order chi connectivity index (χ0) is 26.4. The molecule has 5 nitrogen and oxygen atoms in total. The van der Waals surface area contributed by atoms with Gasteiger partial charge >= 0.3 is 0 Å². The lowest BCUT2D eigenvalue weighted by atomic mass is 10.1. The number of halogens is 5. The van der Waals surface area contributed by atoms with Crippen molar-refractivity contribution in [3.05, 3.63) is 99.9 Å². The molecule has 36 heavy (non-hydrogen) atoms. The van der Waals surface area contributed by atoms with E-state index in [1.807, 2.05) is 24.3 Å². The smallest absolute Gasteiger partial charge is 0.261 e. The predicted octanol–water partition coefficient (Wildman–Crippen LogP) is 5.41. The maximum Gasteiger partial charge on any atom is 0.261 e. The van der Waals surface area contributed by atoms with E-state index >= 15 is 0 Å². The Morgan fingerprint density at radius 2 is 1.33 bits per heavy atom. The molecule has 0 atom stereocenters. The van der Waals surface area contributed by atoms with Crippen molar-refractivity contribution in [3.63, 3.8) is 0 Å². The number of carbonyl (C=O) groups is 2. The SMILES string of the molecule is CCN(CC)Cc1ccccc1CNC(=O)c1cccc(NC(=O)c2c(F)c(F)c(F)c(F)c2F)c1. The van der Waals surface area contributed by atoms with Crippen molar-refractivity contribution in [2.75, 3.05) is 18.4 Å². The van der Waals surface area contributed by atoms with Crippen LogP contribution in [0.25, 0.3) is 0 Å².